The Labute approximate surface area is 170 Å². The number of hydrogen-bond acceptors (Lipinski definition) is 5. The number of carbonyl (C=O) groups excluding carboxylic acids is 1. The van der Waals surface area contributed by atoms with Crippen molar-refractivity contribution in [3.63, 3.8) is 0 Å². The van der Waals surface area contributed by atoms with E-state index in [1.54, 1.807) is 4.90 Å². The van der Waals surface area contributed by atoms with Gasteiger partial charge in [0.25, 0.3) is 0 Å². The van der Waals surface area contributed by atoms with Gasteiger partial charge in [0.05, 0.1) is 11.6 Å². The number of hydrogen-bond donors (Lipinski definition) is 2. The Kier molecular flexibility index (Phi) is 7.08. The molecular formula is C19H27ClN4O4. The number of carbonyl (C=O) groups is 1. The first-order valence-corrected chi connectivity index (χ1v) is 10.0. The van der Waals surface area contributed by atoms with Crippen LogP contribution in [0.3, 0.4) is 0 Å². The van der Waals surface area contributed by atoms with Gasteiger partial charge in [0.15, 0.2) is 17.5 Å². The number of piperidine rings is 1. The molecule has 1 aromatic carbocycles. The van der Waals surface area contributed by atoms with Crippen LogP contribution < -0.4 is 20.5 Å². The fourth-order valence-corrected chi connectivity index (χ4v) is 3.58. The third kappa shape index (κ3) is 5.34. The second-order valence-corrected chi connectivity index (χ2v) is 7.13. The van der Waals surface area contributed by atoms with Crippen molar-refractivity contribution in [1.82, 2.24) is 10.2 Å². The van der Waals surface area contributed by atoms with Crippen molar-refractivity contribution in [2.24, 2.45) is 10.7 Å². The van der Waals surface area contributed by atoms with E-state index in [1.165, 1.54) is 0 Å². The van der Waals surface area contributed by atoms with Gasteiger partial charge in [-0.2, -0.15) is 0 Å². The molecule has 28 heavy (non-hydrogen) atoms. The van der Waals surface area contributed by atoms with Crippen LogP contribution in [0.5, 0.6) is 11.5 Å². The number of guanidine groups is 1. The van der Waals surface area contributed by atoms with Gasteiger partial charge in [0, 0.05) is 25.7 Å². The molecule has 3 N–H and O–H groups in total. The predicted molar refractivity (Wildman–Crippen MR) is 107 cm³/mol. The highest BCUT2D eigenvalue weighted by Crippen LogP contribution is 2.38. The first-order chi connectivity index (χ1) is 13.6. The largest absolute Gasteiger partial charge is 0.486 e. The van der Waals surface area contributed by atoms with Gasteiger partial charge in [0.1, 0.15) is 13.2 Å². The van der Waals surface area contributed by atoms with E-state index in [1.807, 2.05) is 19.1 Å². The molecule has 9 heteroatoms. The summed E-state index contributed by atoms with van der Waals surface area (Å²) in [6.45, 7) is 5.08. The first kappa shape index (κ1) is 20.4. The number of benzene rings is 1. The van der Waals surface area contributed by atoms with E-state index in [-0.39, 0.29) is 12.1 Å². The summed E-state index contributed by atoms with van der Waals surface area (Å²) in [5.41, 5.74) is 7.04. The van der Waals surface area contributed by atoms with Crippen LogP contribution in [-0.4, -0.2) is 62.4 Å². The van der Waals surface area contributed by atoms with Crippen LogP contribution in [0.1, 0.15) is 25.3 Å². The Bertz CT molecular complexity index is 720. The maximum absolute atomic E-state index is 11.7. The fourth-order valence-electron chi connectivity index (χ4n) is 3.29. The van der Waals surface area contributed by atoms with Gasteiger partial charge in [-0.25, -0.2) is 4.79 Å². The SMILES string of the molecule is CCOC(=O)N1CCC(NC(N)=NCCc2cc(Cl)c3c(c2)OCCO3)CC1. The average Bonchev–Trinajstić information content (AvgIpc) is 2.69. The van der Waals surface area contributed by atoms with E-state index in [9.17, 15) is 4.79 Å². The zero-order valence-electron chi connectivity index (χ0n) is 16.1. The molecule has 0 aliphatic carbocycles. The molecule has 3 rings (SSSR count). The van der Waals surface area contributed by atoms with Crippen molar-refractivity contribution in [1.29, 1.82) is 0 Å². The van der Waals surface area contributed by atoms with Crippen LogP contribution in [0.15, 0.2) is 17.1 Å². The molecule has 1 saturated heterocycles. The molecule has 154 valence electrons. The number of fused-ring (bicyclic) bond motifs is 1. The molecule has 1 aromatic rings. The average molecular weight is 411 g/mol. The molecule has 0 aromatic heterocycles. The third-order valence-electron chi connectivity index (χ3n) is 4.71. The number of likely N-dealkylation sites (tertiary alicyclic amines) is 1. The summed E-state index contributed by atoms with van der Waals surface area (Å²) in [7, 11) is 0. The molecule has 1 fully saturated rings. The van der Waals surface area contributed by atoms with Crippen LogP contribution in [0, 0.1) is 0 Å². The van der Waals surface area contributed by atoms with Crippen LogP contribution in [-0.2, 0) is 11.2 Å². The molecule has 0 radical (unpaired) electrons. The minimum atomic E-state index is -0.249. The molecule has 2 aliphatic heterocycles. The standard InChI is InChI=1S/C19H27ClN4O4/c1-2-26-19(25)24-7-4-14(5-8-24)23-18(21)22-6-3-13-11-15(20)17-16(12-13)27-9-10-28-17/h11-12,14H,2-10H2,1H3,(H3,21,22,23). The molecule has 0 saturated carbocycles. The quantitative estimate of drug-likeness (QED) is 0.570. The van der Waals surface area contributed by atoms with Gasteiger partial charge in [-0.3, -0.25) is 4.99 Å². The highest BCUT2D eigenvalue weighted by Gasteiger charge is 2.23. The van der Waals surface area contributed by atoms with Crippen molar-refractivity contribution in [2.45, 2.75) is 32.2 Å². The Hall–Kier alpha value is -2.35. The summed E-state index contributed by atoms with van der Waals surface area (Å²) in [4.78, 5) is 17.9. The second kappa shape index (κ2) is 9.73. The maximum atomic E-state index is 11.7. The first-order valence-electron chi connectivity index (χ1n) is 9.63. The summed E-state index contributed by atoms with van der Waals surface area (Å²) in [5.74, 6) is 1.70. The molecule has 0 atom stereocenters. The number of aliphatic imine (C=N–C) groups is 1. The normalized spacial score (nSPS) is 17.4. The van der Waals surface area contributed by atoms with Crippen LogP contribution in [0.25, 0.3) is 0 Å². The smallest absolute Gasteiger partial charge is 0.409 e. The van der Waals surface area contributed by atoms with E-state index in [4.69, 9.17) is 31.5 Å². The Balaban J connectivity index is 1.44. The summed E-state index contributed by atoms with van der Waals surface area (Å²) in [6.07, 6.45) is 2.07. The van der Waals surface area contributed by atoms with Crippen molar-refractivity contribution < 1.29 is 19.0 Å². The lowest BCUT2D eigenvalue weighted by atomic mass is 10.1. The molecular weight excluding hydrogens is 384 g/mol. The molecule has 0 bridgehead atoms. The highest BCUT2D eigenvalue weighted by molar-refractivity contribution is 6.32. The molecule has 0 unspecified atom stereocenters. The minimum absolute atomic E-state index is 0.207. The van der Waals surface area contributed by atoms with E-state index in [0.29, 0.717) is 68.4 Å². The van der Waals surface area contributed by atoms with Crippen molar-refractivity contribution in [3.05, 3.63) is 22.7 Å². The zero-order chi connectivity index (χ0) is 19.9. The number of ether oxygens (including phenoxy) is 3. The Morgan fingerprint density at radius 1 is 1.36 bits per heavy atom. The summed E-state index contributed by atoms with van der Waals surface area (Å²) in [5, 5.41) is 3.79. The highest BCUT2D eigenvalue weighted by atomic mass is 35.5. The molecule has 8 nitrogen and oxygen atoms in total. The number of rotatable bonds is 5. The van der Waals surface area contributed by atoms with E-state index >= 15 is 0 Å². The summed E-state index contributed by atoms with van der Waals surface area (Å²) < 4.78 is 16.1. The van der Waals surface area contributed by atoms with Gasteiger partial charge in [-0.15, -0.1) is 0 Å². The number of halogens is 1. The van der Waals surface area contributed by atoms with Gasteiger partial charge >= 0.3 is 6.09 Å². The van der Waals surface area contributed by atoms with Crippen molar-refractivity contribution >= 4 is 23.7 Å². The van der Waals surface area contributed by atoms with Crippen LogP contribution in [0.4, 0.5) is 4.79 Å². The van der Waals surface area contributed by atoms with Gasteiger partial charge in [-0.05, 0) is 43.9 Å². The third-order valence-corrected chi connectivity index (χ3v) is 4.99. The predicted octanol–water partition coefficient (Wildman–Crippen LogP) is 2.18. The number of nitrogens with one attached hydrogen (secondary N) is 1. The van der Waals surface area contributed by atoms with E-state index in [0.717, 1.165) is 18.4 Å². The van der Waals surface area contributed by atoms with E-state index in [2.05, 4.69) is 10.3 Å². The zero-order valence-corrected chi connectivity index (χ0v) is 16.8. The lowest BCUT2D eigenvalue weighted by molar-refractivity contribution is 0.0963. The number of nitrogens with zero attached hydrogens (tertiary/aromatic N) is 2. The minimum Gasteiger partial charge on any atom is -0.486 e. The fraction of sp³-hybridized carbons (Fsp3) is 0.579. The molecule has 2 aliphatic rings. The monoisotopic (exact) mass is 410 g/mol. The second-order valence-electron chi connectivity index (χ2n) is 6.72. The van der Waals surface area contributed by atoms with E-state index < -0.39 is 0 Å². The maximum Gasteiger partial charge on any atom is 0.409 e. The van der Waals surface area contributed by atoms with Crippen molar-refractivity contribution in [2.75, 3.05) is 39.5 Å². The lowest BCUT2D eigenvalue weighted by Crippen LogP contribution is -2.48. The van der Waals surface area contributed by atoms with Gasteiger partial charge < -0.3 is 30.2 Å². The van der Waals surface area contributed by atoms with Crippen LogP contribution in [0.2, 0.25) is 5.02 Å². The summed E-state index contributed by atoms with van der Waals surface area (Å²) in [6, 6.07) is 4.02. The lowest BCUT2D eigenvalue weighted by Gasteiger charge is -2.31. The number of nitrogens with two attached hydrogens (primary N) is 1. The van der Waals surface area contributed by atoms with Crippen molar-refractivity contribution in [3.8, 4) is 11.5 Å². The number of amides is 1. The summed E-state index contributed by atoms with van der Waals surface area (Å²) >= 11 is 6.26. The topological polar surface area (TPSA) is 98.4 Å². The molecule has 1 amide bonds. The van der Waals surface area contributed by atoms with Gasteiger partial charge in [0.2, 0.25) is 0 Å². The van der Waals surface area contributed by atoms with Crippen LogP contribution >= 0.6 is 11.6 Å². The Morgan fingerprint density at radius 2 is 2.11 bits per heavy atom. The molecule has 0 spiro atoms. The molecule has 2 heterocycles. The van der Waals surface area contributed by atoms with Gasteiger partial charge in [-0.1, -0.05) is 11.6 Å². The Morgan fingerprint density at radius 3 is 2.86 bits per heavy atom.